The first-order valence-corrected chi connectivity index (χ1v) is 7.97. The van der Waals surface area contributed by atoms with Crippen LogP contribution in [0.1, 0.15) is 61.2 Å². The molecule has 18 heavy (non-hydrogen) atoms. The molecule has 2 heterocycles. The van der Waals surface area contributed by atoms with Gasteiger partial charge in [-0.05, 0) is 32.2 Å². The summed E-state index contributed by atoms with van der Waals surface area (Å²) in [6, 6.07) is 0. The van der Waals surface area contributed by atoms with Crippen LogP contribution in [0.2, 0.25) is 0 Å². The van der Waals surface area contributed by atoms with E-state index in [2.05, 4.69) is 19.2 Å². The predicted molar refractivity (Wildman–Crippen MR) is 76.0 cm³/mol. The zero-order chi connectivity index (χ0) is 12.8. The molecule has 1 unspecified atom stereocenters. The molecule has 0 spiro atoms. The van der Waals surface area contributed by atoms with E-state index in [4.69, 9.17) is 9.72 Å². The minimum Gasteiger partial charge on any atom is -0.371 e. The summed E-state index contributed by atoms with van der Waals surface area (Å²) in [6.07, 6.45) is 6.02. The maximum Gasteiger partial charge on any atom is 0.122 e. The molecule has 1 atom stereocenters. The highest BCUT2D eigenvalue weighted by atomic mass is 32.1. The maximum absolute atomic E-state index is 5.74. The van der Waals surface area contributed by atoms with Crippen LogP contribution in [0, 0.1) is 0 Å². The molecule has 0 aromatic carbocycles. The lowest BCUT2D eigenvalue weighted by molar-refractivity contribution is 0.111. The fraction of sp³-hybridized carbons (Fsp3) is 0.786. The van der Waals surface area contributed by atoms with Gasteiger partial charge in [0.15, 0.2) is 0 Å². The normalized spacial score (nSPS) is 19.6. The maximum atomic E-state index is 5.74. The third-order valence-electron chi connectivity index (χ3n) is 3.20. The number of aryl methyl sites for hydroxylation is 1. The topological polar surface area (TPSA) is 34.1 Å². The van der Waals surface area contributed by atoms with E-state index in [1.165, 1.54) is 28.4 Å². The summed E-state index contributed by atoms with van der Waals surface area (Å²) in [5.41, 5.74) is 1.29. The summed E-state index contributed by atoms with van der Waals surface area (Å²) in [4.78, 5) is 6.23. The Morgan fingerprint density at radius 1 is 1.39 bits per heavy atom. The van der Waals surface area contributed by atoms with Gasteiger partial charge < -0.3 is 10.1 Å². The van der Waals surface area contributed by atoms with E-state index in [0.717, 1.165) is 39.0 Å². The van der Waals surface area contributed by atoms with Crippen molar-refractivity contribution in [1.29, 1.82) is 0 Å². The van der Waals surface area contributed by atoms with E-state index in [-0.39, 0.29) is 6.10 Å². The van der Waals surface area contributed by atoms with Crippen LogP contribution >= 0.6 is 11.3 Å². The number of ether oxygens (including phenoxy) is 1. The Labute approximate surface area is 114 Å². The highest BCUT2D eigenvalue weighted by molar-refractivity contribution is 7.11. The van der Waals surface area contributed by atoms with Gasteiger partial charge in [0.05, 0.1) is 5.69 Å². The lowest BCUT2D eigenvalue weighted by Crippen LogP contribution is -2.13. The van der Waals surface area contributed by atoms with Crippen molar-refractivity contribution in [1.82, 2.24) is 10.3 Å². The van der Waals surface area contributed by atoms with E-state index in [1.807, 2.05) is 11.3 Å². The highest BCUT2D eigenvalue weighted by Gasteiger charge is 2.22. The Kier molecular flexibility index (Phi) is 5.60. The van der Waals surface area contributed by atoms with Crippen molar-refractivity contribution < 1.29 is 4.74 Å². The summed E-state index contributed by atoms with van der Waals surface area (Å²) < 4.78 is 5.74. The van der Waals surface area contributed by atoms with Crippen LogP contribution in [0.4, 0.5) is 0 Å². The van der Waals surface area contributed by atoms with Crippen molar-refractivity contribution in [2.24, 2.45) is 0 Å². The Morgan fingerprint density at radius 3 is 2.94 bits per heavy atom. The fourth-order valence-electron chi connectivity index (χ4n) is 2.26. The van der Waals surface area contributed by atoms with Crippen LogP contribution in [0.3, 0.4) is 0 Å². The summed E-state index contributed by atoms with van der Waals surface area (Å²) in [7, 11) is 0. The number of aromatic nitrogens is 1. The molecule has 1 aliphatic heterocycles. The van der Waals surface area contributed by atoms with Gasteiger partial charge in [-0.3, -0.25) is 0 Å². The SMILES string of the molecule is CCCNCc1sc(C2CCCO2)nc1CCC. The smallest absolute Gasteiger partial charge is 0.122 e. The molecule has 1 N–H and O–H groups in total. The quantitative estimate of drug-likeness (QED) is 0.769. The Balaban J connectivity index is 2.04. The van der Waals surface area contributed by atoms with Crippen molar-refractivity contribution in [3.63, 3.8) is 0 Å². The third kappa shape index (κ3) is 3.53. The van der Waals surface area contributed by atoms with Crippen LogP contribution in [0.5, 0.6) is 0 Å². The van der Waals surface area contributed by atoms with E-state index >= 15 is 0 Å². The van der Waals surface area contributed by atoms with Crippen LogP contribution < -0.4 is 5.32 Å². The van der Waals surface area contributed by atoms with Gasteiger partial charge in [-0.25, -0.2) is 4.98 Å². The van der Waals surface area contributed by atoms with Crippen LogP contribution in [0.15, 0.2) is 0 Å². The van der Waals surface area contributed by atoms with E-state index in [1.54, 1.807) is 0 Å². The van der Waals surface area contributed by atoms with Gasteiger partial charge in [0.1, 0.15) is 11.1 Å². The summed E-state index contributed by atoms with van der Waals surface area (Å²) in [5.74, 6) is 0. The minimum atomic E-state index is 0.269. The molecule has 1 aliphatic rings. The zero-order valence-corrected chi connectivity index (χ0v) is 12.3. The first-order chi connectivity index (χ1) is 8.85. The lowest BCUT2D eigenvalue weighted by atomic mass is 10.2. The molecule has 4 heteroatoms. The molecule has 1 aromatic rings. The Bertz CT molecular complexity index is 359. The number of nitrogens with zero attached hydrogens (tertiary/aromatic N) is 1. The second kappa shape index (κ2) is 7.22. The molecule has 1 saturated heterocycles. The van der Waals surface area contributed by atoms with Gasteiger partial charge >= 0.3 is 0 Å². The van der Waals surface area contributed by atoms with Gasteiger partial charge in [0.2, 0.25) is 0 Å². The number of nitrogens with one attached hydrogen (secondary N) is 1. The lowest BCUT2D eigenvalue weighted by Gasteiger charge is -2.03. The van der Waals surface area contributed by atoms with E-state index < -0.39 is 0 Å². The molecule has 2 rings (SSSR count). The number of thiazole rings is 1. The van der Waals surface area contributed by atoms with Gasteiger partial charge in [0, 0.05) is 18.0 Å². The molecule has 0 saturated carbocycles. The Morgan fingerprint density at radius 2 is 2.28 bits per heavy atom. The standard InChI is InChI=1S/C14H24N2OS/c1-3-6-11-13(10-15-8-4-2)18-14(16-11)12-7-5-9-17-12/h12,15H,3-10H2,1-2H3. The van der Waals surface area contributed by atoms with Gasteiger partial charge in [-0.15, -0.1) is 11.3 Å². The van der Waals surface area contributed by atoms with Crippen molar-refractivity contribution in [2.75, 3.05) is 13.2 Å². The van der Waals surface area contributed by atoms with Crippen molar-refractivity contribution in [3.05, 3.63) is 15.6 Å². The second-order valence-corrected chi connectivity index (χ2v) is 5.97. The largest absolute Gasteiger partial charge is 0.371 e. The van der Waals surface area contributed by atoms with E-state index in [9.17, 15) is 0 Å². The zero-order valence-electron chi connectivity index (χ0n) is 11.5. The van der Waals surface area contributed by atoms with Gasteiger partial charge in [-0.1, -0.05) is 20.3 Å². The van der Waals surface area contributed by atoms with Crippen LogP contribution in [0.25, 0.3) is 0 Å². The average molecular weight is 268 g/mol. The molecular weight excluding hydrogens is 244 g/mol. The van der Waals surface area contributed by atoms with E-state index in [0.29, 0.717) is 0 Å². The molecular formula is C14H24N2OS. The molecule has 1 aromatic heterocycles. The van der Waals surface area contributed by atoms with Crippen LogP contribution in [-0.2, 0) is 17.7 Å². The highest BCUT2D eigenvalue weighted by Crippen LogP contribution is 2.33. The number of hydrogen-bond donors (Lipinski definition) is 1. The van der Waals surface area contributed by atoms with Gasteiger partial charge in [-0.2, -0.15) is 0 Å². The van der Waals surface area contributed by atoms with Crippen molar-refractivity contribution in [3.8, 4) is 0 Å². The summed E-state index contributed by atoms with van der Waals surface area (Å²) in [6.45, 7) is 7.36. The number of hydrogen-bond acceptors (Lipinski definition) is 4. The third-order valence-corrected chi connectivity index (χ3v) is 4.39. The van der Waals surface area contributed by atoms with Crippen molar-refractivity contribution >= 4 is 11.3 Å². The fourth-order valence-corrected chi connectivity index (χ4v) is 3.43. The van der Waals surface area contributed by atoms with Crippen molar-refractivity contribution in [2.45, 2.75) is 58.6 Å². The predicted octanol–water partition coefficient (Wildman–Crippen LogP) is 3.45. The first kappa shape index (κ1) is 14.0. The molecule has 0 radical (unpaired) electrons. The molecule has 102 valence electrons. The molecule has 3 nitrogen and oxygen atoms in total. The molecule has 0 bridgehead atoms. The molecule has 0 aliphatic carbocycles. The Hall–Kier alpha value is -0.450. The summed E-state index contributed by atoms with van der Waals surface area (Å²) in [5, 5.41) is 4.68. The van der Waals surface area contributed by atoms with Crippen LogP contribution in [-0.4, -0.2) is 18.1 Å². The minimum absolute atomic E-state index is 0.269. The molecule has 0 amide bonds. The monoisotopic (exact) mass is 268 g/mol. The first-order valence-electron chi connectivity index (χ1n) is 7.16. The number of rotatable bonds is 7. The van der Waals surface area contributed by atoms with Gasteiger partial charge in [0.25, 0.3) is 0 Å². The molecule has 1 fully saturated rings. The second-order valence-electron chi connectivity index (χ2n) is 4.85. The average Bonchev–Trinajstić information content (AvgIpc) is 2.99. The summed E-state index contributed by atoms with van der Waals surface area (Å²) >= 11 is 1.85.